The molecule has 2 atom stereocenters. The lowest BCUT2D eigenvalue weighted by Gasteiger charge is -2.16. The van der Waals surface area contributed by atoms with Crippen LogP contribution in [0.3, 0.4) is 0 Å². The Morgan fingerprint density at radius 2 is 2.04 bits per heavy atom. The second kappa shape index (κ2) is 5.37. The Bertz CT molecular complexity index is 887. The fraction of sp³-hybridized carbons (Fsp3) is 0.235. The molecule has 0 bridgehead atoms. The Morgan fingerprint density at radius 1 is 1.26 bits per heavy atom. The first kappa shape index (κ1) is 14.2. The number of benzene rings is 2. The van der Waals surface area contributed by atoms with E-state index in [4.69, 9.17) is 0 Å². The number of hydrogen-bond donors (Lipinski definition) is 1. The number of nitrogens with zero attached hydrogens (tertiary/aromatic N) is 3. The van der Waals surface area contributed by atoms with E-state index in [1.807, 2.05) is 29.2 Å². The predicted molar refractivity (Wildman–Crippen MR) is 89.5 cm³/mol. The number of thioether (sulfide) groups is 1. The molecule has 23 heavy (non-hydrogen) atoms. The van der Waals surface area contributed by atoms with Crippen LogP contribution in [0.15, 0.2) is 41.4 Å². The predicted octanol–water partition coefficient (Wildman–Crippen LogP) is 2.41. The van der Waals surface area contributed by atoms with Gasteiger partial charge in [0.05, 0.1) is 23.4 Å². The third kappa shape index (κ3) is 2.21. The quantitative estimate of drug-likeness (QED) is 0.872. The maximum absolute atomic E-state index is 12.1. The normalized spacial score (nSPS) is 25.1. The van der Waals surface area contributed by atoms with Crippen molar-refractivity contribution in [1.82, 2.24) is 4.90 Å². The molecule has 2 heterocycles. The third-order valence-corrected chi connectivity index (χ3v) is 5.23. The fourth-order valence-electron chi connectivity index (χ4n) is 3.15. The summed E-state index contributed by atoms with van der Waals surface area (Å²) < 4.78 is 0. The Balaban J connectivity index is 1.82. The van der Waals surface area contributed by atoms with Crippen LogP contribution in [-0.4, -0.2) is 39.0 Å². The number of rotatable bonds is 1. The van der Waals surface area contributed by atoms with Crippen LogP contribution in [-0.2, 0) is 4.79 Å². The molecule has 2 fully saturated rings. The molecule has 2 aromatic rings. The maximum Gasteiger partial charge on any atom is 0.221 e. The topological polar surface area (TPSA) is 76.7 Å². The molecule has 0 spiro atoms. The average molecular weight is 323 g/mol. The highest BCUT2D eigenvalue weighted by Gasteiger charge is 2.46. The molecule has 6 heteroatoms. The highest BCUT2D eigenvalue weighted by atomic mass is 32.2. The lowest BCUT2D eigenvalue weighted by molar-refractivity contribution is -0.115. The Labute approximate surface area is 137 Å². The zero-order valence-corrected chi connectivity index (χ0v) is 13.0. The van der Waals surface area contributed by atoms with Crippen LogP contribution in [0.25, 0.3) is 10.8 Å². The van der Waals surface area contributed by atoms with Crippen LogP contribution in [0.5, 0.6) is 0 Å². The van der Waals surface area contributed by atoms with Crippen molar-refractivity contribution in [2.45, 2.75) is 18.6 Å². The second-order valence-electron chi connectivity index (χ2n) is 5.60. The van der Waals surface area contributed by atoms with Gasteiger partial charge in [0.1, 0.15) is 6.04 Å². The largest absolute Gasteiger partial charge is 0.390 e. The molecule has 2 saturated heterocycles. The standard InChI is InChI=1S/C17H13N3O2S/c18-9-10-5-6-13(12-4-2-1-3-11(10)12)19-17-20-8-7-14(21)15(20)16(22)23-17/h1-6,14-15,21H,7-8H2/t14-,15+/m1/s1. The molecule has 5 nitrogen and oxygen atoms in total. The zero-order chi connectivity index (χ0) is 16.0. The molecule has 2 aliphatic rings. The number of aliphatic hydroxyl groups excluding tert-OH is 1. The minimum Gasteiger partial charge on any atom is -0.390 e. The van der Waals surface area contributed by atoms with Gasteiger partial charge in [0.25, 0.3) is 0 Å². The Hall–Kier alpha value is -2.36. The molecular weight excluding hydrogens is 310 g/mol. The van der Waals surface area contributed by atoms with Crippen molar-refractivity contribution < 1.29 is 9.90 Å². The summed E-state index contributed by atoms with van der Waals surface area (Å²) in [7, 11) is 0. The van der Waals surface area contributed by atoms with Gasteiger partial charge in [0, 0.05) is 17.3 Å². The monoisotopic (exact) mass is 323 g/mol. The molecule has 1 N–H and O–H groups in total. The fourth-order valence-corrected chi connectivity index (χ4v) is 4.20. The maximum atomic E-state index is 12.1. The van der Waals surface area contributed by atoms with E-state index in [-0.39, 0.29) is 5.12 Å². The zero-order valence-electron chi connectivity index (χ0n) is 12.1. The van der Waals surface area contributed by atoms with Crippen LogP contribution in [0.2, 0.25) is 0 Å². The van der Waals surface area contributed by atoms with E-state index < -0.39 is 12.1 Å². The summed E-state index contributed by atoms with van der Waals surface area (Å²) in [4.78, 5) is 18.6. The van der Waals surface area contributed by atoms with Crippen molar-refractivity contribution in [3.63, 3.8) is 0 Å². The first-order valence-corrected chi connectivity index (χ1v) is 8.17. The molecule has 2 aliphatic heterocycles. The number of carbonyl (C=O) groups is 1. The second-order valence-corrected chi connectivity index (χ2v) is 6.57. The van der Waals surface area contributed by atoms with Crippen molar-refractivity contribution in [3.05, 3.63) is 42.0 Å². The first-order chi connectivity index (χ1) is 11.2. The average Bonchev–Trinajstić information content (AvgIpc) is 3.10. The van der Waals surface area contributed by atoms with E-state index in [2.05, 4.69) is 11.1 Å². The van der Waals surface area contributed by atoms with Gasteiger partial charge in [0.15, 0.2) is 5.17 Å². The molecule has 2 aromatic carbocycles. The van der Waals surface area contributed by atoms with Gasteiger partial charge in [-0.3, -0.25) is 4.79 Å². The molecule has 0 saturated carbocycles. The summed E-state index contributed by atoms with van der Waals surface area (Å²) in [5, 5.41) is 21.5. The number of amidine groups is 1. The minimum atomic E-state index is -0.611. The molecule has 0 aliphatic carbocycles. The smallest absolute Gasteiger partial charge is 0.221 e. The number of carbonyl (C=O) groups excluding carboxylic acids is 1. The van der Waals surface area contributed by atoms with Crippen molar-refractivity contribution in [3.8, 4) is 6.07 Å². The van der Waals surface area contributed by atoms with Gasteiger partial charge in [-0.05, 0) is 30.3 Å². The third-order valence-electron chi connectivity index (χ3n) is 4.28. The summed E-state index contributed by atoms with van der Waals surface area (Å²) in [6.07, 6.45) is -0.0233. The van der Waals surface area contributed by atoms with Gasteiger partial charge < -0.3 is 10.0 Å². The summed E-state index contributed by atoms with van der Waals surface area (Å²) in [5.41, 5.74) is 1.34. The van der Waals surface area contributed by atoms with Crippen molar-refractivity contribution >= 4 is 38.5 Å². The van der Waals surface area contributed by atoms with E-state index in [0.29, 0.717) is 23.7 Å². The van der Waals surface area contributed by atoms with Crippen molar-refractivity contribution in [2.75, 3.05) is 6.54 Å². The van der Waals surface area contributed by atoms with Gasteiger partial charge in [0.2, 0.25) is 5.12 Å². The van der Waals surface area contributed by atoms with E-state index in [0.717, 1.165) is 28.2 Å². The molecule has 0 unspecified atom stereocenters. The molecule has 0 radical (unpaired) electrons. The van der Waals surface area contributed by atoms with E-state index in [1.54, 1.807) is 12.1 Å². The molecule has 0 amide bonds. The highest BCUT2D eigenvalue weighted by Crippen LogP contribution is 2.36. The molecule has 114 valence electrons. The number of fused-ring (bicyclic) bond motifs is 2. The van der Waals surface area contributed by atoms with E-state index in [1.165, 1.54) is 0 Å². The Kier molecular flexibility index (Phi) is 3.33. The van der Waals surface area contributed by atoms with Crippen LogP contribution in [0.1, 0.15) is 12.0 Å². The van der Waals surface area contributed by atoms with Gasteiger partial charge in [-0.15, -0.1) is 0 Å². The van der Waals surface area contributed by atoms with Gasteiger partial charge >= 0.3 is 0 Å². The SMILES string of the molecule is N#Cc1ccc(N=C2SC(=O)[C@@H]3[C@H](O)CCN23)c2ccccc12. The molecule has 4 rings (SSSR count). The highest BCUT2D eigenvalue weighted by molar-refractivity contribution is 8.26. The number of hydrogen-bond acceptors (Lipinski definition) is 5. The van der Waals surface area contributed by atoms with Crippen LogP contribution < -0.4 is 0 Å². The van der Waals surface area contributed by atoms with E-state index >= 15 is 0 Å². The number of aliphatic hydroxyl groups is 1. The van der Waals surface area contributed by atoms with Gasteiger partial charge in [-0.25, -0.2) is 4.99 Å². The van der Waals surface area contributed by atoms with Crippen molar-refractivity contribution in [2.24, 2.45) is 4.99 Å². The van der Waals surface area contributed by atoms with Gasteiger partial charge in [-0.1, -0.05) is 24.3 Å². The van der Waals surface area contributed by atoms with Crippen molar-refractivity contribution in [1.29, 1.82) is 5.26 Å². The summed E-state index contributed by atoms with van der Waals surface area (Å²) in [5.74, 6) is 0. The molecule has 0 aromatic heterocycles. The van der Waals surface area contributed by atoms with E-state index in [9.17, 15) is 15.2 Å². The minimum absolute atomic E-state index is 0.0494. The van der Waals surface area contributed by atoms with Gasteiger partial charge in [-0.2, -0.15) is 5.26 Å². The number of nitriles is 1. The lowest BCUT2D eigenvalue weighted by Crippen LogP contribution is -2.35. The van der Waals surface area contributed by atoms with Crippen LogP contribution in [0.4, 0.5) is 5.69 Å². The van der Waals surface area contributed by atoms with Crippen LogP contribution in [0, 0.1) is 11.3 Å². The molecular formula is C17H13N3O2S. The summed E-state index contributed by atoms with van der Waals surface area (Å²) >= 11 is 1.09. The first-order valence-electron chi connectivity index (χ1n) is 7.36. The Morgan fingerprint density at radius 3 is 2.83 bits per heavy atom. The summed E-state index contributed by atoms with van der Waals surface area (Å²) in [6, 6.07) is 12.9. The van der Waals surface area contributed by atoms with Crippen LogP contribution >= 0.6 is 11.8 Å². The summed E-state index contributed by atoms with van der Waals surface area (Å²) in [6.45, 7) is 0.637. The lowest BCUT2D eigenvalue weighted by atomic mass is 10.0. The number of aliphatic imine (C=N–C) groups is 1.